The third-order valence-electron chi connectivity index (χ3n) is 5.35. The van der Waals surface area contributed by atoms with Crippen molar-refractivity contribution in [2.24, 2.45) is 35.5 Å². The Morgan fingerprint density at radius 1 is 1.12 bits per heavy atom. The van der Waals surface area contributed by atoms with Gasteiger partial charge in [-0.3, -0.25) is 0 Å². The first-order chi connectivity index (χ1) is 7.81. The van der Waals surface area contributed by atoms with Crippen molar-refractivity contribution in [3.8, 4) is 6.07 Å². The standard InChI is InChI=1S/C15H21N/c1-2-3-12(9-16)15-13-5-10-4-11(7-13)8-14(15)6-10/h2,10-15H,1,3-8H2. The number of nitrogens with zero attached hydrogens (tertiary/aromatic N) is 1. The summed E-state index contributed by atoms with van der Waals surface area (Å²) in [6.07, 6.45) is 10.0. The van der Waals surface area contributed by atoms with Crippen LogP contribution in [-0.2, 0) is 0 Å². The van der Waals surface area contributed by atoms with Crippen LogP contribution < -0.4 is 0 Å². The van der Waals surface area contributed by atoms with Crippen LogP contribution in [0.4, 0.5) is 0 Å². The molecule has 4 rings (SSSR count). The average molecular weight is 215 g/mol. The molecule has 86 valence electrons. The van der Waals surface area contributed by atoms with Crippen LogP contribution >= 0.6 is 0 Å². The van der Waals surface area contributed by atoms with E-state index in [2.05, 4.69) is 12.6 Å². The van der Waals surface area contributed by atoms with Gasteiger partial charge in [-0.2, -0.15) is 5.26 Å². The van der Waals surface area contributed by atoms with Gasteiger partial charge in [0.25, 0.3) is 0 Å². The number of allylic oxidation sites excluding steroid dienone is 1. The Labute approximate surface area is 98.5 Å². The van der Waals surface area contributed by atoms with Gasteiger partial charge in [0.15, 0.2) is 0 Å². The number of nitriles is 1. The van der Waals surface area contributed by atoms with E-state index in [1.165, 1.54) is 32.1 Å². The molecule has 4 fully saturated rings. The van der Waals surface area contributed by atoms with Crippen molar-refractivity contribution < 1.29 is 0 Å². The minimum absolute atomic E-state index is 0.257. The maximum absolute atomic E-state index is 9.34. The van der Waals surface area contributed by atoms with E-state index in [9.17, 15) is 5.26 Å². The number of hydrogen-bond acceptors (Lipinski definition) is 1. The molecule has 0 amide bonds. The van der Waals surface area contributed by atoms with Gasteiger partial charge in [-0.05, 0) is 68.1 Å². The van der Waals surface area contributed by atoms with Gasteiger partial charge in [-0.25, -0.2) is 0 Å². The predicted molar refractivity (Wildman–Crippen MR) is 64.5 cm³/mol. The van der Waals surface area contributed by atoms with E-state index in [1.54, 1.807) is 0 Å². The third-order valence-corrected chi connectivity index (χ3v) is 5.35. The molecule has 0 saturated heterocycles. The van der Waals surface area contributed by atoms with Crippen LogP contribution in [0.3, 0.4) is 0 Å². The molecule has 4 bridgehead atoms. The molecule has 16 heavy (non-hydrogen) atoms. The molecular weight excluding hydrogens is 194 g/mol. The Hall–Kier alpha value is -0.770. The van der Waals surface area contributed by atoms with Crippen LogP contribution in [0, 0.1) is 46.8 Å². The molecule has 0 spiro atoms. The van der Waals surface area contributed by atoms with Gasteiger partial charge in [0.2, 0.25) is 0 Å². The third kappa shape index (κ3) is 1.51. The Kier molecular flexibility index (Phi) is 2.54. The SMILES string of the molecule is C=CCC(C#N)C1C2CC3CC(C2)CC1C3. The van der Waals surface area contributed by atoms with E-state index in [-0.39, 0.29) is 5.92 Å². The lowest BCUT2D eigenvalue weighted by Gasteiger charge is -2.55. The summed E-state index contributed by atoms with van der Waals surface area (Å²) in [7, 11) is 0. The molecule has 0 heterocycles. The fraction of sp³-hybridized carbons (Fsp3) is 0.800. The molecule has 1 heteroatoms. The lowest BCUT2D eigenvalue weighted by molar-refractivity contribution is -0.0517. The van der Waals surface area contributed by atoms with E-state index in [4.69, 9.17) is 0 Å². The van der Waals surface area contributed by atoms with E-state index >= 15 is 0 Å². The van der Waals surface area contributed by atoms with Crippen LogP contribution in [0.25, 0.3) is 0 Å². The lowest BCUT2D eigenvalue weighted by Crippen LogP contribution is -2.47. The summed E-state index contributed by atoms with van der Waals surface area (Å²) in [4.78, 5) is 0. The Bertz CT molecular complexity index is 297. The predicted octanol–water partition coefficient (Wildman–Crippen LogP) is 3.77. The van der Waals surface area contributed by atoms with Gasteiger partial charge < -0.3 is 0 Å². The van der Waals surface area contributed by atoms with Crippen LogP contribution in [0.1, 0.15) is 38.5 Å². The molecule has 1 unspecified atom stereocenters. The smallest absolute Gasteiger partial charge is 0.0662 e. The molecule has 0 aliphatic heterocycles. The molecule has 1 atom stereocenters. The largest absolute Gasteiger partial charge is 0.198 e. The highest BCUT2D eigenvalue weighted by atomic mass is 14.5. The quantitative estimate of drug-likeness (QED) is 0.657. The molecule has 4 saturated carbocycles. The van der Waals surface area contributed by atoms with Crippen molar-refractivity contribution in [3.05, 3.63) is 12.7 Å². The van der Waals surface area contributed by atoms with Gasteiger partial charge in [0, 0.05) is 0 Å². The van der Waals surface area contributed by atoms with Crippen molar-refractivity contribution in [3.63, 3.8) is 0 Å². The van der Waals surface area contributed by atoms with Crippen molar-refractivity contribution in [2.75, 3.05) is 0 Å². The first-order valence-corrected chi connectivity index (χ1v) is 6.82. The van der Waals surface area contributed by atoms with E-state index in [0.29, 0.717) is 5.92 Å². The van der Waals surface area contributed by atoms with Crippen LogP contribution in [0.15, 0.2) is 12.7 Å². The normalized spacial score (nSPS) is 46.3. The van der Waals surface area contributed by atoms with Crippen LogP contribution in [0.5, 0.6) is 0 Å². The first kappa shape index (κ1) is 10.4. The van der Waals surface area contributed by atoms with Crippen molar-refractivity contribution >= 4 is 0 Å². The van der Waals surface area contributed by atoms with Gasteiger partial charge in [0.1, 0.15) is 0 Å². The van der Waals surface area contributed by atoms with Crippen molar-refractivity contribution in [1.29, 1.82) is 5.26 Å². The minimum Gasteiger partial charge on any atom is -0.198 e. The Morgan fingerprint density at radius 2 is 1.69 bits per heavy atom. The maximum Gasteiger partial charge on any atom is 0.0662 e. The summed E-state index contributed by atoms with van der Waals surface area (Å²) >= 11 is 0. The molecule has 4 aliphatic rings. The lowest BCUT2D eigenvalue weighted by atomic mass is 9.49. The number of rotatable bonds is 3. The van der Waals surface area contributed by atoms with Crippen LogP contribution in [-0.4, -0.2) is 0 Å². The second-order valence-electron chi connectivity index (χ2n) is 6.27. The summed E-state index contributed by atoms with van der Waals surface area (Å²) < 4.78 is 0. The molecule has 0 N–H and O–H groups in total. The Balaban J connectivity index is 1.80. The van der Waals surface area contributed by atoms with Crippen molar-refractivity contribution in [2.45, 2.75) is 38.5 Å². The second-order valence-corrected chi connectivity index (χ2v) is 6.27. The molecule has 0 aromatic carbocycles. The summed E-state index contributed by atoms with van der Waals surface area (Å²) in [5, 5.41) is 9.34. The fourth-order valence-corrected chi connectivity index (χ4v) is 5.10. The van der Waals surface area contributed by atoms with E-state index in [0.717, 1.165) is 30.1 Å². The minimum atomic E-state index is 0.257. The monoisotopic (exact) mass is 215 g/mol. The fourth-order valence-electron chi connectivity index (χ4n) is 5.10. The first-order valence-electron chi connectivity index (χ1n) is 6.82. The van der Waals surface area contributed by atoms with E-state index < -0.39 is 0 Å². The Morgan fingerprint density at radius 3 is 2.12 bits per heavy atom. The topological polar surface area (TPSA) is 23.8 Å². The van der Waals surface area contributed by atoms with Gasteiger partial charge in [-0.15, -0.1) is 6.58 Å². The van der Waals surface area contributed by atoms with Gasteiger partial charge in [0.05, 0.1) is 12.0 Å². The highest BCUT2D eigenvalue weighted by Crippen LogP contribution is 2.58. The van der Waals surface area contributed by atoms with Crippen molar-refractivity contribution in [1.82, 2.24) is 0 Å². The molecule has 0 radical (unpaired) electrons. The summed E-state index contributed by atoms with van der Waals surface area (Å²) in [6, 6.07) is 2.56. The summed E-state index contributed by atoms with van der Waals surface area (Å²) in [5.74, 6) is 4.74. The number of hydrogen-bond donors (Lipinski definition) is 0. The molecular formula is C15H21N. The zero-order chi connectivity index (χ0) is 11.1. The highest BCUT2D eigenvalue weighted by molar-refractivity contribution is 5.05. The second kappa shape index (κ2) is 3.91. The molecule has 0 aromatic rings. The zero-order valence-corrected chi connectivity index (χ0v) is 9.94. The average Bonchev–Trinajstić information content (AvgIpc) is 2.26. The zero-order valence-electron chi connectivity index (χ0n) is 9.94. The molecule has 4 aliphatic carbocycles. The van der Waals surface area contributed by atoms with Gasteiger partial charge in [-0.1, -0.05) is 6.08 Å². The van der Waals surface area contributed by atoms with Gasteiger partial charge >= 0.3 is 0 Å². The summed E-state index contributed by atoms with van der Waals surface area (Å²) in [5.41, 5.74) is 0. The van der Waals surface area contributed by atoms with Crippen LogP contribution in [0.2, 0.25) is 0 Å². The van der Waals surface area contributed by atoms with E-state index in [1.807, 2.05) is 6.08 Å². The maximum atomic E-state index is 9.34. The summed E-state index contributed by atoms with van der Waals surface area (Å²) in [6.45, 7) is 3.81. The highest BCUT2D eigenvalue weighted by Gasteiger charge is 2.50. The molecule has 0 aromatic heterocycles. The molecule has 1 nitrogen and oxygen atoms in total.